The van der Waals surface area contributed by atoms with Gasteiger partial charge < -0.3 is 15.1 Å². The van der Waals surface area contributed by atoms with Crippen LogP contribution in [0.25, 0.3) is 0 Å². The lowest BCUT2D eigenvalue weighted by molar-refractivity contribution is -0.127. The zero-order chi connectivity index (χ0) is 19.5. The Morgan fingerprint density at radius 3 is 2.79 bits per heavy atom. The molecule has 0 bridgehead atoms. The van der Waals surface area contributed by atoms with Gasteiger partial charge in [-0.05, 0) is 42.7 Å². The first-order chi connectivity index (χ1) is 13.6. The van der Waals surface area contributed by atoms with Crippen LogP contribution in [0.4, 0.5) is 11.4 Å². The molecule has 2 aliphatic rings. The Morgan fingerprint density at radius 1 is 1.14 bits per heavy atom. The number of anilines is 2. The molecular formula is C22H24ClN3O2. The number of nitrogens with one attached hydrogen (secondary N) is 1. The lowest BCUT2D eigenvalue weighted by Crippen LogP contribution is -2.33. The fourth-order valence-electron chi connectivity index (χ4n) is 4.17. The third-order valence-corrected chi connectivity index (χ3v) is 5.75. The van der Waals surface area contributed by atoms with E-state index in [0.717, 1.165) is 38.2 Å². The van der Waals surface area contributed by atoms with E-state index in [1.165, 1.54) is 5.56 Å². The van der Waals surface area contributed by atoms with Gasteiger partial charge in [-0.2, -0.15) is 0 Å². The molecule has 0 spiro atoms. The highest BCUT2D eigenvalue weighted by Crippen LogP contribution is 2.38. The van der Waals surface area contributed by atoms with Crippen LogP contribution < -0.4 is 10.2 Å². The first-order valence-electron chi connectivity index (χ1n) is 9.77. The molecule has 0 aliphatic carbocycles. The quantitative estimate of drug-likeness (QED) is 0.804. The van der Waals surface area contributed by atoms with Crippen LogP contribution in [-0.4, -0.2) is 42.9 Å². The van der Waals surface area contributed by atoms with Crippen LogP contribution in [0.5, 0.6) is 0 Å². The van der Waals surface area contributed by atoms with Crippen LogP contribution in [0.1, 0.15) is 30.7 Å². The van der Waals surface area contributed by atoms with Gasteiger partial charge in [0.05, 0.1) is 6.54 Å². The standard InChI is InChI=1S/C22H24ClN3O2/c23-17-5-3-6-18(13-17)24-21(27)15-26-14-16(19-7-1-2-8-20(19)26)10-12-25-11-4-9-22(25)28/h1-3,5-8,13,16H,4,9-12,14-15H2,(H,24,27). The molecule has 4 rings (SSSR count). The number of carbonyl (C=O) groups is 2. The van der Waals surface area contributed by atoms with Crippen molar-refractivity contribution >= 4 is 34.8 Å². The van der Waals surface area contributed by atoms with E-state index >= 15 is 0 Å². The van der Waals surface area contributed by atoms with Crippen molar-refractivity contribution in [1.82, 2.24) is 4.90 Å². The lowest BCUT2D eigenvalue weighted by Gasteiger charge is -2.21. The molecule has 1 unspecified atom stereocenters. The maximum absolute atomic E-state index is 12.6. The van der Waals surface area contributed by atoms with E-state index in [1.807, 2.05) is 29.2 Å². The molecule has 6 heteroatoms. The predicted molar refractivity (Wildman–Crippen MR) is 112 cm³/mol. The molecule has 2 amide bonds. The van der Waals surface area contributed by atoms with E-state index in [4.69, 9.17) is 11.6 Å². The van der Waals surface area contributed by atoms with Gasteiger partial charge in [0.25, 0.3) is 0 Å². The van der Waals surface area contributed by atoms with E-state index in [-0.39, 0.29) is 11.8 Å². The fourth-order valence-corrected chi connectivity index (χ4v) is 4.36. The maximum atomic E-state index is 12.6. The molecule has 1 atom stereocenters. The molecule has 2 aromatic carbocycles. The highest BCUT2D eigenvalue weighted by Gasteiger charge is 2.30. The van der Waals surface area contributed by atoms with Gasteiger partial charge in [-0.1, -0.05) is 35.9 Å². The summed E-state index contributed by atoms with van der Waals surface area (Å²) < 4.78 is 0. The minimum absolute atomic E-state index is 0.0626. The number of hydrogen-bond acceptors (Lipinski definition) is 3. The zero-order valence-electron chi connectivity index (χ0n) is 15.7. The van der Waals surface area contributed by atoms with Gasteiger partial charge in [-0.15, -0.1) is 0 Å². The van der Waals surface area contributed by atoms with E-state index in [9.17, 15) is 9.59 Å². The second kappa shape index (κ2) is 8.23. The summed E-state index contributed by atoms with van der Waals surface area (Å²) in [5.41, 5.74) is 3.08. The van der Waals surface area contributed by atoms with Gasteiger partial charge in [-0.25, -0.2) is 0 Å². The molecule has 0 radical (unpaired) electrons. The predicted octanol–water partition coefficient (Wildman–Crippen LogP) is 3.89. The summed E-state index contributed by atoms with van der Waals surface area (Å²) in [6.45, 7) is 2.76. The Labute approximate surface area is 170 Å². The Morgan fingerprint density at radius 2 is 2.00 bits per heavy atom. The van der Waals surface area contributed by atoms with Crippen molar-refractivity contribution in [3.63, 3.8) is 0 Å². The molecule has 2 aromatic rings. The summed E-state index contributed by atoms with van der Waals surface area (Å²) in [4.78, 5) is 28.5. The van der Waals surface area contributed by atoms with Crippen LogP contribution in [0.3, 0.4) is 0 Å². The largest absolute Gasteiger partial charge is 0.361 e. The molecule has 1 fully saturated rings. The monoisotopic (exact) mass is 397 g/mol. The Kier molecular flexibility index (Phi) is 5.53. The number of nitrogens with zero attached hydrogens (tertiary/aromatic N) is 2. The van der Waals surface area contributed by atoms with Crippen LogP contribution in [-0.2, 0) is 9.59 Å². The van der Waals surface area contributed by atoms with Crippen LogP contribution in [0.2, 0.25) is 5.02 Å². The first kappa shape index (κ1) is 18.8. The van der Waals surface area contributed by atoms with Crippen LogP contribution >= 0.6 is 11.6 Å². The smallest absolute Gasteiger partial charge is 0.243 e. The van der Waals surface area contributed by atoms with Crippen molar-refractivity contribution in [2.75, 3.05) is 36.4 Å². The van der Waals surface area contributed by atoms with Crippen LogP contribution in [0.15, 0.2) is 48.5 Å². The van der Waals surface area contributed by atoms with Crippen molar-refractivity contribution < 1.29 is 9.59 Å². The van der Waals surface area contributed by atoms with Gasteiger partial charge in [0, 0.05) is 48.4 Å². The number of rotatable bonds is 6. The lowest BCUT2D eigenvalue weighted by atomic mass is 9.98. The molecule has 1 N–H and O–H groups in total. The van der Waals surface area contributed by atoms with Crippen molar-refractivity contribution in [3.8, 4) is 0 Å². The number of fused-ring (bicyclic) bond motifs is 1. The molecule has 0 aromatic heterocycles. The van der Waals surface area contributed by atoms with Gasteiger partial charge in [0.1, 0.15) is 0 Å². The Hall–Kier alpha value is -2.53. The zero-order valence-corrected chi connectivity index (χ0v) is 16.5. The molecule has 2 heterocycles. The summed E-state index contributed by atoms with van der Waals surface area (Å²) in [6, 6.07) is 15.4. The van der Waals surface area contributed by atoms with Gasteiger partial charge >= 0.3 is 0 Å². The third-order valence-electron chi connectivity index (χ3n) is 5.52. The Bertz CT molecular complexity index is 886. The molecule has 146 valence electrons. The van der Waals surface area contributed by atoms with Gasteiger partial charge in [0.15, 0.2) is 0 Å². The normalized spacial score (nSPS) is 18.5. The van der Waals surface area contributed by atoms with Gasteiger partial charge in [0.2, 0.25) is 11.8 Å². The van der Waals surface area contributed by atoms with Crippen LogP contribution in [0, 0.1) is 0 Å². The molecule has 2 aliphatic heterocycles. The van der Waals surface area contributed by atoms with Crippen molar-refractivity contribution in [2.45, 2.75) is 25.2 Å². The first-order valence-corrected chi connectivity index (χ1v) is 10.1. The third kappa shape index (κ3) is 4.14. The summed E-state index contributed by atoms with van der Waals surface area (Å²) >= 11 is 5.99. The number of para-hydroxylation sites is 1. The minimum Gasteiger partial charge on any atom is -0.361 e. The van der Waals surface area contributed by atoms with Gasteiger partial charge in [-0.3, -0.25) is 9.59 Å². The number of likely N-dealkylation sites (tertiary alicyclic amines) is 1. The van der Waals surface area contributed by atoms with Crippen molar-refractivity contribution in [2.24, 2.45) is 0 Å². The number of halogens is 1. The highest BCUT2D eigenvalue weighted by molar-refractivity contribution is 6.30. The Balaban J connectivity index is 1.40. The molecule has 5 nitrogen and oxygen atoms in total. The topological polar surface area (TPSA) is 52.7 Å². The van der Waals surface area contributed by atoms with E-state index in [2.05, 4.69) is 22.3 Å². The summed E-state index contributed by atoms with van der Waals surface area (Å²) in [5.74, 6) is 0.542. The average molecular weight is 398 g/mol. The highest BCUT2D eigenvalue weighted by atomic mass is 35.5. The molecule has 0 saturated carbocycles. The van der Waals surface area contributed by atoms with Crippen molar-refractivity contribution in [3.05, 3.63) is 59.1 Å². The SMILES string of the molecule is O=C(CN1CC(CCN2CCCC2=O)c2ccccc21)Nc1cccc(Cl)c1. The van der Waals surface area contributed by atoms with E-state index < -0.39 is 0 Å². The average Bonchev–Trinajstić information content (AvgIpc) is 3.24. The summed E-state index contributed by atoms with van der Waals surface area (Å²) in [5, 5.41) is 3.52. The van der Waals surface area contributed by atoms with E-state index in [0.29, 0.717) is 29.6 Å². The number of benzene rings is 2. The minimum atomic E-state index is -0.0626. The number of amides is 2. The van der Waals surface area contributed by atoms with Crippen molar-refractivity contribution in [1.29, 1.82) is 0 Å². The molecular weight excluding hydrogens is 374 g/mol. The second-order valence-electron chi connectivity index (χ2n) is 7.47. The second-order valence-corrected chi connectivity index (χ2v) is 7.90. The summed E-state index contributed by atoms with van der Waals surface area (Å²) in [7, 11) is 0. The number of hydrogen-bond donors (Lipinski definition) is 1. The maximum Gasteiger partial charge on any atom is 0.243 e. The molecule has 1 saturated heterocycles. The number of carbonyl (C=O) groups excluding carboxylic acids is 2. The summed E-state index contributed by atoms with van der Waals surface area (Å²) in [6.07, 6.45) is 2.57. The fraction of sp³-hybridized carbons (Fsp3) is 0.364. The van der Waals surface area contributed by atoms with E-state index in [1.54, 1.807) is 12.1 Å². The molecule has 28 heavy (non-hydrogen) atoms.